The van der Waals surface area contributed by atoms with Crippen LogP contribution in [0.1, 0.15) is 12.8 Å². The number of sulfonamides is 1. The smallest absolute Gasteiger partial charge is 0.240 e. The first kappa shape index (κ1) is 21.5. The minimum atomic E-state index is -3.51. The molecule has 1 heterocycles. The van der Waals surface area contributed by atoms with Gasteiger partial charge in [0.2, 0.25) is 10.0 Å². The fourth-order valence-electron chi connectivity index (χ4n) is 2.88. The highest BCUT2D eigenvalue weighted by Gasteiger charge is 2.18. The third-order valence-electron chi connectivity index (χ3n) is 4.39. The summed E-state index contributed by atoms with van der Waals surface area (Å²) in [4.78, 5) is 0.239. The number of ether oxygens (including phenoxy) is 2. The second-order valence-corrected chi connectivity index (χ2v) is 8.08. The van der Waals surface area contributed by atoms with Crippen molar-refractivity contribution in [2.75, 3.05) is 26.7 Å². The average molecular weight is 413 g/mol. The number of piperidine rings is 1. The Morgan fingerprint density at radius 2 is 1.63 bits per heavy atom. The van der Waals surface area contributed by atoms with Crippen LogP contribution >= 0.6 is 12.4 Å². The number of halogens is 1. The molecule has 2 aromatic rings. The van der Waals surface area contributed by atoms with Crippen LogP contribution < -0.4 is 19.5 Å². The topological polar surface area (TPSA) is 76.7 Å². The van der Waals surface area contributed by atoms with E-state index < -0.39 is 10.0 Å². The number of benzene rings is 2. The zero-order valence-corrected chi connectivity index (χ0v) is 16.8. The summed E-state index contributed by atoms with van der Waals surface area (Å²) in [5, 5.41) is 3.29. The van der Waals surface area contributed by atoms with Gasteiger partial charge >= 0.3 is 0 Å². The highest BCUT2D eigenvalue weighted by Crippen LogP contribution is 2.25. The van der Waals surface area contributed by atoms with Gasteiger partial charge in [-0.25, -0.2) is 13.1 Å². The molecule has 0 amide bonds. The summed E-state index contributed by atoms with van der Waals surface area (Å²) in [6, 6.07) is 13.6. The number of hydrogen-bond donors (Lipinski definition) is 2. The first-order valence-electron chi connectivity index (χ1n) is 8.69. The van der Waals surface area contributed by atoms with Crippen LogP contribution in [0.4, 0.5) is 0 Å². The van der Waals surface area contributed by atoms with Crippen molar-refractivity contribution in [1.29, 1.82) is 0 Å². The zero-order chi connectivity index (χ0) is 18.4. The molecule has 1 unspecified atom stereocenters. The van der Waals surface area contributed by atoms with E-state index in [2.05, 4.69) is 10.0 Å². The summed E-state index contributed by atoms with van der Waals surface area (Å²) in [7, 11) is -1.90. The van der Waals surface area contributed by atoms with Crippen molar-refractivity contribution in [3.05, 3.63) is 48.5 Å². The van der Waals surface area contributed by atoms with Crippen molar-refractivity contribution in [2.45, 2.75) is 17.7 Å². The third-order valence-corrected chi connectivity index (χ3v) is 5.83. The maximum atomic E-state index is 12.4. The molecular weight excluding hydrogens is 388 g/mol. The van der Waals surface area contributed by atoms with Gasteiger partial charge < -0.3 is 14.8 Å². The van der Waals surface area contributed by atoms with E-state index in [9.17, 15) is 8.42 Å². The van der Waals surface area contributed by atoms with Crippen molar-refractivity contribution in [3.8, 4) is 17.2 Å². The molecule has 1 aliphatic heterocycles. The van der Waals surface area contributed by atoms with E-state index in [1.165, 1.54) is 0 Å². The molecule has 0 aliphatic carbocycles. The number of methoxy groups -OCH3 is 1. The lowest BCUT2D eigenvalue weighted by Gasteiger charge is -2.22. The Morgan fingerprint density at radius 1 is 1.04 bits per heavy atom. The van der Waals surface area contributed by atoms with Crippen molar-refractivity contribution in [1.82, 2.24) is 10.0 Å². The molecule has 148 valence electrons. The van der Waals surface area contributed by atoms with Crippen LogP contribution in [0.5, 0.6) is 17.2 Å². The van der Waals surface area contributed by atoms with Gasteiger partial charge in [-0.2, -0.15) is 0 Å². The van der Waals surface area contributed by atoms with Gasteiger partial charge in [-0.15, -0.1) is 12.4 Å². The molecule has 1 atom stereocenters. The fourth-order valence-corrected chi connectivity index (χ4v) is 3.99. The molecule has 6 nitrogen and oxygen atoms in total. The van der Waals surface area contributed by atoms with E-state index in [4.69, 9.17) is 9.47 Å². The molecule has 2 aromatic carbocycles. The maximum absolute atomic E-state index is 12.4. The highest BCUT2D eigenvalue weighted by molar-refractivity contribution is 7.89. The van der Waals surface area contributed by atoms with Gasteiger partial charge in [-0.3, -0.25) is 0 Å². The van der Waals surface area contributed by atoms with E-state index in [0.29, 0.717) is 24.0 Å². The monoisotopic (exact) mass is 412 g/mol. The van der Waals surface area contributed by atoms with Gasteiger partial charge in [0, 0.05) is 6.54 Å². The molecule has 8 heteroatoms. The Balaban J connectivity index is 0.00000261. The number of nitrogens with one attached hydrogen (secondary N) is 2. The molecular formula is C19H25ClN2O4S. The minimum Gasteiger partial charge on any atom is -0.497 e. The molecule has 0 bridgehead atoms. The molecule has 1 saturated heterocycles. The lowest BCUT2D eigenvalue weighted by Crippen LogP contribution is -2.38. The van der Waals surface area contributed by atoms with E-state index >= 15 is 0 Å². The van der Waals surface area contributed by atoms with Gasteiger partial charge in [0.05, 0.1) is 12.0 Å². The Bertz CT molecular complexity index is 805. The second kappa shape index (κ2) is 9.94. The summed E-state index contributed by atoms with van der Waals surface area (Å²) in [5.41, 5.74) is 0. The third kappa shape index (κ3) is 6.10. The average Bonchev–Trinajstić information content (AvgIpc) is 2.68. The van der Waals surface area contributed by atoms with E-state index in [0.717, 1.165) is 31.7 Å². The van der Waals surface area contributed by atoms with Gasteiger partial charge in [-0.1, -0.05) is 0 Å². The van der Waals surface area contributed by atoms with Crippen LogP contribution in [0.25, 0.3) is 0 Å². The summed E-state index contributed by atoms with van der Waals surface area (Å²) in [6.07, 6.45) is 2.13. The molecule has 2 N–H and O–H groups in total. The van der Waals surface area contributed by atoms with E-state index in [-0.39, 0.29) is 17.3 Å². The molecule has 0 spiro atoms. The van der Waals surface area contributed by atoms with Crippen LogP contribution in [0.2, 0.25) is 0 Å². The Morgan fingerprint density at radius 3 is 2.19 bits per heavy atom. The predicted molar refractivity (Wildman–Crippen MR) is 108 cm³/mol. The zero-order valence-electron chi connectivity index (χ0n) is 15.2. The van der Waals surface area contributed by atoms with Gasteiger partial charge in [0.1, 0.15) is 17.2 Å². The Hall–Kier alpha value is -1.80. The van der Waals surface area contributed by atoms with Crippen LogP contribution in [-0.4, -0.2) is 35.2 Å². The van der Waals surface area contributed by atoms with Gasteiger partial charge in [0.25, 0.3) is 0 Å². The highest BCUT2D eigenvalue weighted by atomic mass is 35.5. The molecule has 0 saturated carbocycles. The van der Waals surface area contributed by atoms with Crippen molar-refractivity contribution >= 4 is 22.4 Å². The number of rotatable bonds is 7. The predicted octanol–water partition coefficient (Wildman–Crippen LogP) is 3.19. The lowest BCUT2D eigenvalue weighted by atomic mass is 10.0. The van der Waals surface area contributed by atoms with Crippen LogP contribution in [-0.2, 0) is 10.0 Å². The van der Waals surface area contributed by atoms with Crippen LogP contribution in [0.15, 0.2) is 53.4 Å². The lowest BCUT2D eigenvalue weighted by molar-refractivity contribution is 0.376. The molecule has 0 aromatic heterocycles. The van der Waals surface area contributed by atoms with E-state index in [1.807, 2.05) is 0 Å². The summed E-state index contributed by atoms with van der Waals surface area (Å²) in [5.74, 6) is 2.32. The minimum absolute atomic E-state index is 0. The normalized spacial score (nSPS) is 17.0. The van der Waals surface area contributed by atoms with Crippen molar-refractivity contribution in [2.24, 2.45) is 5.92 Å². The van der Waals surface area contributed by atoms with Crippen LogP contribution in [0.3, 0.4) is 0 Å². The van der Waals surface area contributed by atoms with Crippen molar-refractivity contribution < 1.29 is 17.9 Å². The SMILES string of the molecule is COc1ccc(Oc2ccc(S(=O)(=O)NCC3CCCNC3)cc2)cc1.Cl. The van der Waals surface area contributed by atoms with Gasteiger partial charge in [-0.05, 0) is 80.4 Å². The number of hydrogen-bond acceptors (Lipinski definition) is 5. The first-order valence-corrected chi connectivity index (χ1v) is 10.2. The Labute approximate surface area is 166 Å². The summed E-state index contributed by atoms with van der Waals surface area (Å²) < 4.78 is 38.4. The summed E-state index contributed by atoms with van der Waals surface area (Å²) in [6.45, 7) is 2.33. The second-order valence-electron chi connectivity index (χ2n) is 6.31. The largest absolute Gasteiger partial charge is 0.497 e. The van der Waals surface area contributed by atoms with Gasteiger partial charge in [0.15, 0.2) is 0 Å². The van der Waals surface area contributed by atoms with Crippen LogP contribution in [0, 0.1) is 5.92 Å². The molecule has 0 radical (unpaired) electrons. The first-order chi connectivity index (χ1) is 12.6. The van der Waals surface area contributed by atoms with E-state index in [1.54, 1.807) is 55.6 Å². The molecule has 3 rings (SSSR count). The maximum Gasteiger partial charge on any atom is 0.240 e. The van der Waals surface area contributed by atoms with Crippen molar-refractivity contribution in [3.63, 3.8) is 0 Å². The standard InChI is InChI=1S/C19H24N2O4S.ClH/c1-24-16-4-6-17(7-5-16)25-18-8-10-19(11-9-18)26(22,23)21-14-15-3-2-12-20-13-15;/h4-11,15,20-21H,2-3,12-14H2,1H3;1H. The molecule has 1 fully saturated rings. The quantitative estimate of drug-likeness (QED) is 0.730. The summed E-state index contributed by atoms with van der Waals surface area (Å²) >= 11 is 0. The fraction of sp³-hybridized carbons (Fsp3) is 0.368. The Kier molecular flexibility index (Phi) is 7.91. The molecule has 1 aliphatic rings. The molecule has 27 heavy (non-hydrogen) atoms.